The smallest absolute Gasteiger partial charge is 0.143 e. The molecule has 0 spiro atoms. The largest absolute Gasteiger partial charge is 0.492 e. The zero-order valence-electron chi connectivity index (χ0n) is 9.59. The number of aromatic nitrogens is 1. The molecule has 1 heterocycles. The summed E-state index contributed by atoms with van der Waals surface area (Å²) >= 11 is 1.61. The number of rotatable bonds is 4. The molecule has 0 radical (unpaired) electrons. The second kappa shape index (κ2) is 5.59. The lowest BCUT2D eigenvalue weighted by Crippen LogP contribution is -1.97. The molecule has 1 aromatic heterocycles. The van der Waals surface area contributed by atoms with E-state index in [1.54, 1.807) is 24.2 Å². The van der Waals surface area contributed by atoms with Gasteiger partial charge >= 0.3 is 0 Å². The van der Waals surface area contributed by atoms with Crippen LogP contribution in [-0.2, 0) is 0 Å². The molecule has 4 heteroatoms. The van der Waals surface area contributed by atoms with E-state index in [-0.39, 0.29) is 0 Å². The van der Waals surface area contributed by atoms with E-state index in [1.165, 1.54) is 0 Å². The molecule has 1 aromatic carbocycles. The van der Waals surface area contributed by atoms with Gasteiger partial charge in [-0.05, 0) is 31.2 Å². The van der Waals surface area contributed by atoms with Crippen molar-refractivity contribution in [2.45, 2.75) is 16.7 Å². The van der Waals surface area contributed by atoms with Gasteiger partial charge in [0.2, 0.25) is 0 Å². The van der Waals surface area contributed by atoms with Gasteiger partial charge in [-0.15, -0.1) is 0 Å². The maximum absolute atomic E-state index is 6.06. The highest BCUT2D eigenvalue weighted by Crippen LogP contribution is 2.36. The third-order valence-corrected chi connectivity index (χ3v) is 3.29. The van der Waals surface area contributed by atoms with E-state index < -0.39 is 0 Å². The lowest BCUT2D eigenvalue weighted by atomic mass is 10.3. The molecule has 2 aromatic rings. The van der Waals surface area contributed by atoms with Gasteiger partial charge in [0.05, 0.1) is 12.3 Å². The number of hydrogen-bond acceptors (Lipinski definition) is 4. The number of ether oxygens (including phenoxy) is 1. The molecule has 0 aliphatic rings. The molecule has 0 atom stereocenters. The number of para-hydroxylation sites is 1. The number of hydrogen-bond donors (Lipinski definition) is 1. The number of anilines is 1. The average molecular weight is 246 g/mol. The van der Waals surface area contributed by atoms with Crippen LogP contribution in [0.5, 0.6) is 5.75 Å². The minimum absolute atomic E-state index is 0.619. The molecule has 0 unspecified atom stereocenters. The molecule has 0 aliphatic carbocycles. The standard InChI is InChI=1S/C13H14N2OS/c1-2-16-11-4-3-5-12(13(11)14)17-10-6-8-15-9-7-10/h3-9H,2,14H2,1H3. The number of nitrogens with two attached hydrogens (primary N) is 1. The summed E-state index contributed by atoms with van der Waals surface area (Å²) in [4.78, 5) is 6.10. The monoisotopic (exact) mass is 246 g/mol. The molecule has 2 N–H and O–H groups in total. The summed E-state index contributed by atoms with van der Waals surface area (Å²) < 4.78 is 5.46. The highest BCUT2D eigenvalue weighted by molar-refractivity contribution is 7.99. The molecule has 0 saturated heterocycles. The van der Waals surface area contributed by atoms with Crippen LogP contribution >= 0.6 is 11.8 Å². The first kappa shape index (κ1) is 11.8. The predicted molar refractivity (Wildman–Crippen MR) is 70.4 cm³/mol. The number of nitrogen functional groups attached to an aromatic ring is 1. The molecule has 0 fully saturated rings. The average Bonchev–Trinajstić information content (AvgIpc) is 2.36. The van der Waals surface area contributed by atoms with Crippen LogP contribution in [0.25, 0.3) is 0 Å². The Morgan fingerprint density at radius 1 is 1.24 bits per heavy atom. The van der Waals surface area contributed by atoms with E-state index in [0.717, 1.165) is 15.5 Å². The fraction of sp³-hybridized carbons (Fsp3) is 0.154. The summed E-state index contributed by atoms with van der Waals surface area (Å²) in [6.07, 6.45) is 3.54. The quantitative estimate of drug-likeness (QED) is 0.841. The Morgan fingerprint density at radius 2 is 2.00 bits per heavy atom. The summed E-state index contributed by atoms with van der Waals surface area (Å²) in [7, 11) is 0. The maximum atomic E-state index is 6.06. The minimum atomic E-state index is 0.619. The molecule has 88 valence electrons. The van der Waals surface area contributed by atoms with Crippen molar-refractivity contribution in [1.29, 1.82) is 0 Å². The van der Waals surface area contributed by atoms with Crippen LogP contribution in [-0.4, -0.2) is 11.6 Å². The third-order valence-electron chi connectivity index (χ3n) is 2.20. The second-order valence-electron chi connectivity index (χ2n) is 3.39. The first-order valence-electron chi connectivity index (χ1n) is 5.40. The van der Waals surface area contributed by atoms with Crippen molar-refractivity contribution in [3.05, 3.63) is 42.7 Å². The van der Waals surface area contributed by atoms with E-state index in [0.29, 0.717) is 12.3 Å². The second-order valence-corrected chi connectivity index (χ2v) is 4.50. The van der Waals surface area contributed by atoms with Crippen LogP contribution in [0.1, 0.15) is 6.92 Å². The molecule has 2 rings (SSSR count). The zero-order chi connectivity index (χ0) is 12.1. The zero-order valence-corrected chi connectivity index (χ0v) is 10.4. The Labute approximate surface area is 105 Å². The fourth-order valence-electron chi connectivity index (χ4n) is 1.43. The molecular formula is C13H14N2OS. The molecule has 0 aliphatic heterocycles. The van der Waals surface area contributed by atoms with E-state index in [2.05, 4.69) is 4.98 Å². The Hall–Kier alpha value is -1.68. The van der Waals surface area contributed by atoms with E-state index >= 15 is 0 Å². The van der Waals surface area contributed by atoms with Crippen molar-refractivity contribution < 1.29 is 4.74 Å². The van der Waals surface area contributed by atoms with Crippen molar-refractivity contribution in [2.24, 2.45) is 0 Å². The first-order chi connectivity index (χ1) is 8.31. The van der Waals surface area contributed by atoms with Gasteiger partial charge in [0, 0.05) is 22.2 Å². The van der Waals surface area contributed by atoms with Crippen LogP contribution < -0.4 is 10.5 Å². The predicted octanol–water partition coefficient (Wildman–Crippen LogP) is 3.21. The van der Waals surface area contributed by atoms with E-state index in [9.17, 15) is 0 Å². The Bertz CT molecular complexity index is 488. The lowest BCUT2D eigenvalue weighted by Gasteiger charge is -2.10. The summed E-state index contributed by atoms with van der Waals surface area (Å²) in [6.45, 7) is 2.57. The van der Waals surface area contributed by atoms with Crippen molar-refractivity contribution in [1.82, 2.24) is 4.98 Å². The van der Waals surface area contributed by atoms with Crippen LogP contribution in [0.4, 0.5) is 5.69 Å². The third kappa shape index (κ3) is 2.91. The fourth-order valence-corrected chi connectivity index (χ4v) is 2.30. The van der Waals surface area contributed by atoms with Crippen molar-refractivity contribution in [2.75, 3.05) is 12.3 Å². The summed E-state index contributed by atoms with van der Waals surface area (Å²) in [6, 6.07) is 9.73. The molecule has 0 amide bonds. The SMILES string of the molecule is CCOc1cccc(Sc2ccncc2)c1N. The molecule has 17 heavy (non-hydrogen) atoms. The Balaban J connectivity index is 2.24. The van der Waals surface area contributed by atoms with Gasteiger partial charge in [-0.2, -0.15) is 0 Å². The highest BCUT2D eigenvalue weighted by atomic mass is 32.2. The van der Waals surface area contributed by atoms with Gasteiger partial charge in [-0.3, -0.25) is 4.98 Å². The van der Waals surface area contributed by atoms with E-state index in [4.69, 9.17) is 10.5 Å². The van der Waals surface area contributed by atoms with Gasteiger partial charge in [0.15, 0.2) is 0 Å². The van der Waals surface area contributed by atoms with Crippen LogP contribution in [0.3, 0.4) is 0 Å². The Kier molecular flexibility index (Phi) is 3.88. The van der Waals surface area contributed by atoms with Gasteiger partial charge < -0.3 is 10.5 Å². The molecular weight excluding hydrogens is 232 g/mol. The number of nitrogens with zero attached hydrogens (tertiary/aromatic N) is 1. The van der Waals surface area contributed by atoms with Gasteiger partial charge in [-0.25, -0.2) is 0 Å². The van der Waals surface area contributed by atoms with Crippen molar-refractivity contribution >= 4 is 17.4 Å². The number of benzene rings is 1. The van der Waals surface area contributed by atoms with Crippen LogP contribution in [0, 0.1) is 0 Å². The normalized spacial score (nSPS) is 10.2. The minimum Gasteiger partial charge on any atom is -0.492 e. The Morgan fingerprint density at radius 3 is 2.71 bits per heavy atom. The van der Waals surface area contributed by atoms with Crippen molar-refractivity contribution in [3.63, 3.8) is 0 Å². The lowest BCUT2D eigenvalue weighted by molar-refractivity contribution is 0.341. The summed E-state index contributed by atoms with van der Waals surface area (Å²) in [5.41, 5.74) is 6.75. The van der Waals surface area contributed by atoms with E-state index in [1.807, 2.05) is 37.3 Å². The first-order valence-corrected chi connectivity index (χ1v) is 6.22. The van der Waals surface area contributed by atoms with Gasteiger partial charge in [-0.1, -0.05) is 17.8 Å². The van der Waals surface area contributed by atoms with Gasteiger partial charge in [0.25, 0.3) is 0 Å². The number of pyridine rings is 1. The van der Waals surface area contributed by atoms with Crippen LogP contribution in [0.2, 0.25) is 0 Å². The summed E-state index contributed by atoms with van der Waals surface area (Å²) in [5.74, 6) is 0.742. The molecule has 3 nitrogen and oxygen atoms in total. The van der Waals surface area contributed by atoms with Crippen LogP contribution in [0.15, 0.2) is 52.5 Å². The molecule has 0 saturated carbocycles. The van der Waals surface area contributed by atoms with Gasteiger partial charge in [0.1, 0.15) is 5.75 Å². The topological polar surface area (TPSA) is 48.1 Å². The molecule has 0 bridgehead atoms. The summed E-state index contributed by atoms with van der Waals surface area (Å²) in [5, 5.41) is 0. The maximum Gasteiger partial charge on any atom is 0.143 e. The highest BCUT2D eigenvalue weighted by Gasteiger charge is 2.06. The van der Waals surface area contributed by atoms with Crippen molar-refractivity contribution in [3.8, 4) is 5.75 Å².